The number of carboxylic acids is 1. The van der Waals surface area contributed by atoms with Gasteiger partial charge < -0.3 is 26.2 Å². The molecule has 0 heterocycles. The van der Waals surface area contributed by atoms with E-state index in [1.54, 1.807) is 6.92 Å². The Morgan fingerprint density at radius 1 is 1.23 bits per heavy atom. The van der Waals surface area contributed by atoms with Crippen molar-refractivity contribution in [2.24, 2.45) is 5.73 Å². The summed E-state index contributed by atoms with van der Waals surface area (Å²) in [4.78, 5) is 9.37. The normalized spacial score (nSPS) is 10.2. The number of aliphatic hydroxyl groups is 3. The van der Waals surface area contributed by atoms with E-state index in [-0.39, 0.29) is 6.42 Å². The van der Waals surface area contributed by atoms with E-state index in [2.05, 4.69) is 0 Å². The highest BCUT2D eigenvalue weighted by Gasteiger charge is 2.20. The summed E-state index contributed by atoms with van der Waals surface area (Å²) in [6.45, 7) is 0.391. The van der Waals surface area contributed by atoms with Crippen molar-refractivity contribution in [3.05, 3.63) is 0 Å². The van der Waals surface area contributed by atoms with Gasteiger partial charge in [0.1, 0.15) is 0 Å². The zero-order chi connectivity index (χ0) is 10.9. The second-order valence-corrected chi connectivity index (χ2v) is 2.58. The molecule has 6 N–H and O–H groups in total. The number of carboxylic acid groups (broad SMARTS) is 1. The van der Waals surface area contributed by atoms with Crippen LogP contribution < -0.4 is 5.73 Å². The van der Waals surface area contributed by atoms with Crippen molar-refractivity contribution in [2.45, 2.75) is 18.9 Å². The van der Waals surface area contributed by atoms with Gasteiger partial charge in [-0.15, -0.1) is 0 Å². The third kappa shape index (κ3) is 9.22. The molecule has 0 amide bonds. The van der Waals surface area contributed by atoms with E-state index in [1.807, 2.05) is 0 Å². The molecule has 0 spiro atoms. The fraction of sp³-hybridized carbons (Fsp3) is 0.857. The van der Waals surface area contributed by atoms with Crippen LogP contribution in [0, 0.1) is 0 Å². The monoisotopic (exact) mass is 195 g/mol. The maximum absolute atomic E-state index is 9.37. The van der Waals surface area contributed by atoms with Gasteiger partial charge in [-0.1, -0.05) is 6.92 Å². The van der Waals surface area contributed by atoms with Crippen LogP contribution in [0.4, 0.5) is 0 Å². The van der Waals surface area contributed by atoms with Crippen molar-refractivity contribution in [1.82, 2.24) is 0 Å². The van der Waals surface area contributed by atoms with E-state index >= 15 is 0 Å². The van der Waals surface area contributed by atoms with Crippen LogP contribution >= 0.6 is 0 Å². The molecule has 0 radical (unpaired) electrons. The van der Waals surface area contributed by atoms with Crippen LogP contribution in [0.5, 0.6) is 0 Å². The van der Waals surface area contributed by atoms with E-state index < -0.39 is 31.3 Å². The number of rotatable bonds is 4. The molecule has 0 atom stereocenters. The lowest BCUT2D eigenvalue weighted by atomic mass is 10.1. The van der Waals surface area contributed by atoms with Crippen LogP contribution in [0.1, 0.15) is 13.3 Å². The van der Waals surface area contributed by atoms with E-state index in [0.717, 1.165) is 0 Å². The number of nitrogens with two attached hydrogens (primary N) is 1. The molecule has 0 saturated carbocycles. The Labute approximate surface area is 76.6 Å². The minimum Gasteiger partial charge on any atom is -0.481 e. The Morgan fingerprint density at radius 3 is 1.46 bits per heavy atom. The molecular weight excluding hydrogens is 178 g/mol. The van der Waals surface area contributed by atoms with Crippen LogP contribution in [-0.2, 0) is 4.79 Å². The molecule has 0 saturated heterocycles. The summed E-state index contributed by atoms with van der Waals surface area (Å²) in [6.07, 6.45) is 0.222. The summed E-state index contributed by atoms with van der Waals surface area (Å²) < 4.78 is 0. The first-order valence-electron chi connectivity index (χ1n) is 3.79. The van der Waals surface area contributed by atoms with Gasteiger partial charge in [-0.3, -0.25) is 4.79 Å². The number of hydrogen-bond donors (Lipinski definition) is 5. The van der Waals surface area contributed by atoms with Gasteiger partial charge in [0.2, 0.25) is 0 Å². The third-order valence-corrected chi connectivity index (χ3v) is 1.25. The van der Waals surface area contributed by atoms with Crippen LogP contribution in [0.15, 0.2) is 0 Å². The maximum atomic E-state index is 9.37. The first kappa shape index (κ1) is 14.8. The second-order valence-electron chi connectivity index (χ2n) is 2.58. The predicted molar refractivity (Wildman–Crippen MR) is 46.1 cm³/mol. The Kier molecular flexibility index (Phi) is 9.04. The van der Waals surface area contributed by atoms with Crippen LogP contribution in [0.3, 0.4) is 0 Å². The molecule has 0 aliphatic carbocycles. The van der Waals surface area contributed by atoms with Crippen molar-refractivity contribution in [1.29, 1.82) is 0 Å². The Morgan fingerprint density at radius 2 is 1.46 bits per heavy atom. The zero-order valence-corrected chi connectivity index (χ0v) is 7.60. The molecule has 0 aliphatic heterocycles. The number of aliphatic hydroxyl groups excluding tert-OH is 3. The average molecular weight is 195 g/mol. The van der Waals surface area contributed by atoms with Crippen molar-refractivity contribution in [2.75, 3.05) is 19.8 Å². The maximum Gasteiger partial charge on any atom is 0.303 e. The van der Waals surface area contributed by atoms with E-state index in [1.165, 1.54) is 0 Å². The van der Waals surface area contributed by atoms with Crippen LogP contribution in [0.25, 0.3) is 0 Å². The Hall–Kier alpha value is -0.690. The van der Waals surface area contributed by atoms with Gasteiger partial charge >= 0.3 is 5.97 Å². The minimum absolute atomic E-state index is 0.222. The average Bonchev–Trinajstić information content (AvgIpc) is 2.17. The van der Waals surface area contributed by atoms with Crippen LogP contribution in [0.2, 0.25) is 0 Å². The lowest BCUT2D eigenvalue weighted by Gasteiger charge is -2.20. The largest absolute Gasteiger partial charge is 0.481 e. The molecule has 0 aromatic rings. The number of aliphatic carboxylic acids is 1. The molecular formula is C7H17NO5. The lowest BCUT2D eigenvalue weighted by molar-refractivity contribution is -0.136. The Balaban J connectivity index is 0. The van der Waals surface area contributed by atoms with Gasteiger partial charge in [-0.2, -0.15) is 0 Å². The zero-order valence-electron chi connectivity index (χ0n) is 7.60. The van der Waals surface area contributed by atoms with E-state index in [4.69, 9.17) is 26.2 Å². The first-order valence-corrected chi connectivity index (χ1v) is 3.79. The molecule has 6 heteroatoms. The van der Waals surface area contributed by atoms with Gasteiger partial charge in [0, 0.05) is 6.42 Å². The first-order chi connectivity index (χ1) is 5.95. The van der Waals surface area contributed by atoms with E-state index in [9.17, 15) is 4.79 Å². The molecule has 0 fully saturated rings. The van der Waals surface area contributed by atoms with Gasteiger partial charge in [-0.25, -0.2) is 0 Å². The van der Waals surface area contributed by atoms with Crippen molar-refractivity contribution < 1.29 is 25.2 Å². The highest BCUT2D eigenvalue weighted by Crippen LogP contribution is 1.93. The standard InChI is InChI=1S/C4H11NO3.C3H6O2/c5-4(1-6,2-7)3-8;1-2-3(4)5/h6-8H,1-3,5H2;2H2,1H3,(H,4,5). The molecule has 0 aromatic carbocycles. The molecule has 0 unspecified atom stereocenters. The quantitative estimate of drug-likeness (QED) is 0.358. The van der Waals surface area contributed by atoms with Crippen molar-refractivity contribution in [3.8, 4) is 0 Å². The summed E-state index contributed by atoms with van der Waals surface area (Å²) in [5.74, 6) is -0.745. The fourth-order valence-corrected chi connectivity index (χ4v) is 0.150. The van der Waals surface area contributed by atoms with E-state index in [0.29, 0.717) is 0 Å². The molecule has 6 nitrogen and oxygen atoms in total. The summed E-state index contributed by atoms with van der Waals surface area (Å²) in [6, 6.07) is 0. The minimum atomic E-state index is -1.21. The van der Waals surface area contributed by atoms with Crippen molar-refractivity contribution >= 4 is 5.97 Å². The number of hydrogen-bond acceptors (Lipinski definition) is 5. The molecule has 0 aliphatic rings. The highest BCUT2D eigenvalue weighted by molar-refractivity contribution is 5.66. The molecule has 0 rings (SSSR count). The summed E-state index contributed by atoms with van der Waals surface area (Å²) in [5.41, 5.74) is 3.94. The third-order valence-electron chi connectivity index (χ3n) is 1.25. The van der Waals surface area contributed by atoms with Crippen LogP contribution in [-0.4, -0.2) is 51.8 Å². The molecule has 80 valence electrons. The highest BCUT2D eigenvalue weighted by atomic mass is 16.4. The van der Waals surface area contributed by atoms with Gasteiger partial charge in [0.15, 0.2) is 0 Å². The van der Waals surface area contributed by atoms with Gasteiger partial charge in [-0.05, 0) is 0 Å². The summed E-state index contributed by atoms with van der Waals surface area (Å²) in [7, 11) is 0. The molecule has 13 heavy (non-hydrogen) atoms. The second kappa shape index (κ2) is 7.93. The van der Waals surface area contributed by atoms with Crippen molar-refractivity contribution in [3.63, 3.8) is 0 Å². The van der Waals surface area contributed by atoms with Gasteiger partial charge in [0.05, 0.1) is 25.4 Å². The summed E-state index contributed by atoms with van der Waals surface area (Å²) >= 11 is 0. The Bertz CT molecular complexity index is 127. The molecule has 0 aromatic heterocycles. The summed E-state index contributed by atoms with van der Waals surface area (Å²) in [5, 5.41) is 32.7. The lowest BCUT2D eigenvalue weighted by Crippen LogP contribution is -2.50. The molecule has 0 bridgehead atoms. The topological polar surface area (TPSA) is 124 Å². The fourth-order valence-electron chi connectivity index (χ4n) is 0.150. The number of carbonyl (C=O) groups is 1. The smallest absolute Gasteiger partial charge is 0.303 e. The SMILES string of the molecule is CCC(=O)O.NC(CO)(CO)CO. The predicted octanol–water partition coefficient (Wildman–Crippen LogP) is -1.86. The van der Waals surface area contributed by atoms with Gasteiger partial charge in [0.25, 0.3) is 0 Å².